The molecule has 0 saturated carbocycles. The van der Waals surface area contributed by atoms with Crippen LogP contribution in [0, 0.1) is 13.8 Å². The average molecular weight is 697 g/mol. The van der Waals surface area contributed by atoms with Gasteiger partial charge in [0, 0.05) is 53.4 Å². The minimum absolute atomic E-state index is 1.14. The SMILES string of the molecule is Cc1ccc(N(c2ccc(-c3ccccc3)c(C)c2)c2ccc(-c3ccccc3-n3c4ccccc4c4ccccc43)c3sc4ccccc4c23)cc1. The molecule has 10 aromatic rings. The van der Waals surface area contributed by atoms with Crippen LogP contribution in [0.5, 0.6) is 0 Å². The molecule has 3 heteroatoms. The Morgan fingerprint density at radius 1 is 0.472 bits per heavy atom. The van der Waals surface area contributed by atoms with Gasteiger partial charge in [-0.2, -0.15) is 0 Å². The third-order valence-corrected chi connectivity index (χ3v) is 11.8. The molecule has 0 N–H and O–H groups in total. The highest BCUT2D eigenvalue weighted by molar-refractivity contribution is 7.26. The van der Waals surface area contributed by atoms with Crippen LogP contribution in [0.2, 0.25) is 0 Å². The molecule has 10 rings (SSSR count). The van der Waals surface area contributed by atoms with Crippen molar-refractivity contribution in [1.82, 2.24) is 4.57 Å². The molecule has 53 heavy (non-hydrogen) atoms. The van der Waals surface area contributed by atoms with E-state index in [0.29, 0.717) is 0 Å². The number of thiophene rings is 1. The summed E-state index contributed by atoms with van der Waals surface area (Å²) in [7, 11) is 0. The van der Waals surface area contributed by atoms with E-state index in [0.717, 1.165) is 11.4 Å². The molecule has 2 nitrogen and oxygen atoms in total. The van der Waals surface area contributed by atoms with Crippen LogP contribution in [0.3, 0.4) is 0 Å². The van der Waals surface area contributed by atoms with Crippen molar-refractivity contribution < 1.29 is 0 Å². The summed E-state index contributed by atoms with van der Waals surface area (Å²) in [6, 6.07) is 66.6. The van der Waals surface area contributed by atoms with Crippen molar-refractivity contribution in [2.75, 3.05) is 4.90 Å². The van der Waals surface area contributed by atoms with Crippen molar-refractivity contribution in [2.24, 2.45) is 0 Å². The van der Waals surface area contributed by atoms with Crippen LogP contribution in [0.25, 0.3) is 69.9 Å². The summed E-state index contributed by atoms with van der Waals surface area (Å²) in [5.41, 5.74) is 14.5. The lowest BCUT2D eigenvalue weighted by Gasteiger charge is -2.28. The van der Waals surface area contributed by atoms with E-state index >= 15 is 0 Å². The summed E-state index contributed by atoms with van der Waals surface area (Å²) in [5.74, 6) is 0. The Hall–Kier alpha value is -6.42. The van der Waals surface area contributed by atoms with E-state index in [-0.39, 0.29) is 0 Å². The van der Waals surface area contributed by atoms with Crippen LogP contribution in [-0.4, -0.2) is 4.57 Å². The number of hydrogen-bond donors (Lipinski definition) is 0. The third-order valence-electron chi connectivity index (χ3n) is 10.6. The van der Waals surface area contributed by atoms with Gasteiger partial charge in [0.05, 0.1) is 22.4 Å². The van der Waals surface area contributed by atoms with Gasteiger partial charge in [-0.05, 0) is 85.1 Å². The van der Waals surface area contributed by atoms with Gasteiger partial charge in [0.1, 0.15) is 0 Å². The second-order valence-corrected chi connectivity index (χ2v) is 14.9. The molecule has 0 aliphatic heterocycles. The molecule has 0 bridgehead atoms. The fourth-order valence-electron chi connectivity index (χ4n) is 8.14. The number of nitrogens with zero attached hydrogens (tertiary/aromatic N) is 2. The lowest BCUT2D eigenvalue weighted by atomic mass is 9.97. The van der Waals surface area contributed by atoms with Gasteiger partial charge in [-0.15, -0.1) is 11.3 Å². The smallest absolute Gasteiger partial charge is 0.0555 e. The number of anilines is 3. The molecule has 0 radical (unpaired) electrons. The molecule has 0 aliphatic rings. The Morgan fingerprint density at radius 2 is 1.08 bits per heavy atom. The van der Waals surface area contributed by atoms with Gasteiger partial charge in [-0.3, -0.25) is 0 Å². The maximum atomic E-state index is 2.45. The predicted molar refractivity (Wildman–Crippen MR) is 229 cm³/mol. The summed E-state index contributed by atoms with van der Waals surface area (Å²) in [5, 5.41) is 5.07. The highest BCUT2D eigenvalue weighted by Gasteiger charge is 2.23. The molecule has 0 amide bonds. The monoisotopic (exact) mass is 696 g/mol. The second kappa shape index (κ2) is 12.7. The molecule has 0 saturated heterocycles. The Labute approximate surface area is 313 Å². The lowest BCUT2D eigenvalue weighted by molar-refractivity contribution is 1.18. The minimum atomic E-state index is 1.14. The number of aryl methyl sites for hydroxylation is 2. The number of aromatic nitrogens is 1. The van der Waals surface area contributed by atoms with Crippen molar-refractivity contribution in [3.05, 3.63) is 193 Å². The molecule has 0 atom stereocenters. The zero-order valence-electron chi connectivity index (χ0n) is 29.6. The van der Waals surface area contributed by atoms with Crippen LogP contribution >= 0.6 is 11.3 Å². The van der Waals surface area contributed by atoms with Gasteiger partial charge in [-0.1, -0.05) is 133 Å². The van der Waals surface area contributed by atoms with Gasteiger partial charge in [0.15, 0.2) is 0 Å². The van der Waals surface area contributed by atoms with Gasteiger partial charge < -0.3 is 9.47 Å². The Morgan fingerprint density at radius 3 is 1.81 bits per heavy atom. The molecule has 0 unspecified atom stereocenters. The minimum Gasteiger partial charge on any atom is -0.310 e. The maximum absolute atomic E-state index is 2.45. The fraction of sp³-hybridized carbons (Fsp3) is 0.0400. The summed E-state index contributed by atoms with van der Waals surface area (Å²) < 4.78 is 5.01. The number of benzene rings is 8. The first-order valence-corrected chi connectivity index (χ1v) is 19.0. The Balaban J connectivity index is 1.23. The van der Waals surface area contributed by atoms with E-state index < -0.39 is 0 Å². The molecule has 252 valence electrons. The highest BCUT2D eigenvalue weighted by Crippen LogP contribution is 2.49. The van der Waals surface area contributed by atoms with E-state index in [1.165, 1.54) is 86.7 Å². The predicted octanol–water partition coefficient (Wildman–Crippen LogP) is 14.6. The van der Waals surface area contributed by atoms with Crippen molar-refractivity contribution >= 4 is 70.4 Å². The number of para-hydroxylation sites is 3. The summed E-state index contributed by atoms with van der Waals surface area (Å²) in [6.07, 6.45) is 0. The summed E-state index contributed by atoms with van der Waals surface area (Å²) in [4.78, 5) is 2.45. The van der Waals surface area contributed by atoms with E-state index in [1.54, 1.807) is 0 Å². The van der Waals surface area contributed by atoms with Crippen LogP contribution in [-0.2, 0) is 0 Å². The molecule has 0 spiro atoms. The molecule has 0 aliphatic carbocycles. The van der Waals surface area contributed by atoms with Crippen molar-refractivity contribution in [1.29, 1.82) is 0 Å². The van der Waals surface area contributed by atoms with Crippen molar-refractivity contribution in [3.8, 4) is 27.9 Å². The topological polar surface area (TPSA) is 8.17 Å². The van der Waals surface area contributed by atoms with Gasteiger partial charge in [0.25, 0.3) is 0 Å². The van der Waals surface area contributed by atoms with Crippen LogP contribution < -0.4 is 4.90 Å². The first kappa shape index (κ1) is 31.3. The van der Waals surface area contributed by atoms with Gasteiger partial charge >= 0.3 is 0 Å². The van der Waals surface area contributed by atoms with Crippen molar-refractivity contribution in [3.63, 3.8) is 0 Å². The third kappa shape index (κ3) is 5.16. The van der Waals surface area contributed by atoms with E-state index in [9.17, 15) is 0 Å². The number of rotatable bonds is 6. The van der Waals surface area contributed by atoms with Crippen LogP contribution in [0.1, 0.15) is 11.1 Å². The molecular weight excluding hydrogens is 661 g/mol. The maximum Gasteiger partial charge on any atom is 0.0555 e. The largest absolute Gasteiger partial charge is 0.310 e. The summed E-state index contributed by atoms with van der Waals surface area (Å²) in [6.45, 7) is 4.38. The number of fused-ring (bicyclic) bond motifs is 6. The molecule has 2 aromatic heterocycles. The zero-order valence-corrected chi connectivity index (χ0v) is 30.4. The molecule has 2 heterocycles. The van der Waals surface area contributed by atoms with Gasteiger partial charge in [-0.25, -0.2) is 0 Å². The Kier molecular flexibility index (Phi) is 7.48. The molecule has 0 fully saturated rings. The lowest BCUT2D eigenvalue weighted by Crippen LogP contribution is -2.11. The molecule has 8 aromatic carbocycles. The van der Waals surface area contributed by atoms with Crippen LogP contribution in [0.15, 0.2) is 182 Å². The van der Waals surface area contributed by atoms with Crippen LogP contribution in [0.4, 0.5) is 17.1 Å². The Bertz CT molecular complexity index is 2910. The zero-order chi connectivity index (χ0) is 35.5. The normalized spacial score (nSPS) is 11.6. The highest BCUT2D eigenvalue weighted by atomic mass is 32.1. The standard InChI is InChI=1S/C50H36N2S/c1-33-24-26-36(27-25-33)51(37-28-29-38(34(2)32-37)35-14-4-3-5-15-35)47-31-30-42(50-49(47)43-19-9-13-23-48(43)53-50)41-18-8-12-22-46(41)52-44-20-10-6-16-39(44)40-17-7-11-21-45(40)52/h3-32H,1-2H3. The quantitative estimate of drug-likeness (QED) is 0.168. The van der Waals surface area contributed by atoms with Crippen molar-refractivity contribution in [2.45, 2.75) is 13.8 Å². The first-order valence-electron chi connectivity index (χ1n) is 18.2. The number of hydrogen-bond acceptors (Lipinski definition) is 2. The molecular formula is C50H36N2S. The fourth-order valence-corrected chi connectivity index (χ4v) is 9.39. The first-order chi connectivity index (χ1) is 26.1. The summed E-state index contributed by atoms with van der Waals surface area (Å²) >= 11 is 1.89. The van der Waals surface area contributed by atoms with E-state index in [2.05, 4.69) is 205 Å². The van der Waals surface area contributed by atoms with E-state index in [4.69, 9.17) is 0 Å². The van der Waals surface area contributed by atoms with E-state index in [1.807, 2.05) is 11.3 Å². The van der Waals surface area contributed by atoms with Gasteiger partial charge in [0.2, 0.25) is 0 Å². The average Bonchev–Trinajstić information content (AvgIpc) is 3.76. The second-order valence-electron chi connectivity index (χ2n) is 13.9.